The van der Waals surface area contributed by atoms with Crippen molar-refractivity contribution in [2.75, 3.05) is 20.1 Å². The second-order valence-electron chi connectivity index (χ2n) is 5.19. The number of halogens is 2. The number of piperidine rings is 1. The molecule has 1 N–H and O–H groups in total. The molecule has 0 radical (unpaired) electrons. The summed E-state index contributed by atoms with van der Waals surface area (Å²) in [6.45, 7) is 4.81. The molecule has 1 unspecified atom stereocenters. The molecular formula is C14H21Cl2N3. The highest BCUT2D eigenvalue weighted by molar-refractivity contribution is 6.35. The molecule has 0 spiro atoms. The summed E-state index contributed by atoms with van der Waals surface area (Å²) in [6.07, 6.45) is 3.78. The van der Waals surface area contributed by atoms with Gasteiger partial charge in [-0.3, -0.25) is 4.90 Å². The van der Waals surface area contributed by atoms with Gasteiger partial charge in [-0.25, -0.2) is 4.98 Å². The predicted molar refractivity (Wildman–Crippen MR) is 81.0 cm³/mol. The van der Waals surface area contributed by atoms with Crippen molar-refractivity contribution in [2.24, 2.45) is 0 Å². The number of pyridine rings is 1. The summed E-state index contributed by atoms with van der Waals surface area (Å²) in [7, 11) is 2.00. The van der Waals surface area contributed by atoms with Crippen LogP contribution in [0.3, 0.4) is 0 Å². The molecule has 106 valence electrons. The van der Waals surface area contributed by atoms with Crippen molar-refractivity contribution < 1.29 is 0 Å². The van der Waals surface area contributed by atoms with E-state index in [1.54, 1.807) is 0 Å². The Morgan fingerprint density at radius 1 is 1.42 bits per heavy atom. The molecular weight excluding hydrogens is 281 g/mol. The van der Waals surface area contributed by atoms with E-state index >= 15 is 0 Å². The van der Waals surface area contributed by atoms with Gasteiger partial charge in [-0.15, -0.1) is 0 Å². The number of aryl methyl sites for hydroxylation is 1. The Morgan fingerprint density at radius 3 is 2.89 bits per heavy atom. The van der Waals surface area contributed by atoms with Crippen molar-refractivity contribution in [2.45, 2.75) is 38.8 Å². The molecule has 1 aliphatic heterocycles. The molecule has 1 aliphatic rings. The van der Waals surface area contributed by atoms with Gasteiger partial charge in [0.15, 0.2) is 0 Å². The van der Waals surface area contributed by atoms with Crippen molar-refractivity contribution >= 4 is 23.2 Å². The number of likely N-dealkylation sites (tertiary alicyclic amines) is 1. The Labute approximate surface area is 125 Å². The highest BCUT2D eigenvalue weighted by Gasteiger charge is 2.23. The van der Waals surface area contributed by atoms with Crippen molar-refractivity contribution in [3.63, 3.8) is 0 Å². The summed E-state index contributed by atoms with van der Waals surface area (Å²) >= 11 is 12.6. The van der Waals surface area contributed by atoms with Crippen LogP contribution in [0.2, 0.25) is 10.2 Å². The number of rotatable bonds is 4. The van der Waals surface area contributed by atoms with E-state index in [4.69, 9.17) is 23.2 Å². The lowest BCUT2D eigenvalue weighted by Gasteiger charge is -2.36. The summed E-state index contributed by atoms with van der Waals surface area (Å²) in [6, 6.07) is 2.45. The van der Waals surface area contributed by atoms with Crippen LogP contribution in [-0.4, -0.2) is 36.1 Å². The maximum absolute atomic E-state index is 6.31. The second kappa shape index (κ2) is 6.89. The fourth-order valence-corrected chi connectivity index (χ4v) is 3.35. The standard InChI is InChI=1S/C14H21Cl2N3/c1-10-7-13(15)12(14(16)18-10)9-19-6-4-3-5-11(19)8-17-2/h7,11,17H,3-6,8-9H2,1-2H3. The summed E-state index contributed by atoms with van der Waals surface area (Å²) in [5.41, 5.74) is 1.82. The quantitative estimate of drug-likeness (QED) is 0.865. The Bertz CT molecular complexity index is 412. The molecule has 0 saturated carbocycles. The van der Waals surface area contributed by atoms with Crippen molar-refractivity contribution in [3.8, 4) is 0 Å². The number of hydrogen-bond acceptors (Lipinski definition) is 3. The Balaban J connectivity index is 2.15. The van der Waals surface area contributed by atoms with E-state index in [0.29, 0.717) is 11.2 Å². The largest absolute Gasteiger partial charge is 0.318 e. The van der Waals surface area contributed by atoms with E-state index in [1.165, 1.54) is 19.3 Å². The summed E-state index contributed by atoms with van der Waals surface area (Å²) in [5, 5.41) is 4.54. The van der Waals surface area contributed by atoms with Crippen LogP contribution in [-0.2, 0) is 6.54 Å². The van der Waals surface area contributed by atoms with Gasteiger partial charge >= 0.3 is 0 Å². The molecule has 1 saturated heterocycles. The van der Waals surface area contributed by atoms with Crippen molar-refractivity contribution in [1.82, 2.24) is 15.2 Å². The van der Waals surface area contributed by atoms with E-state index in [-0.39, 0.29) is 0 Å². The van der Waals surface area contributed by atoms with Gasteiger partial charge in [-0.2, -0.15) is 0 Å². The fourth-order valence-electron chi connectivity index (χ4n) is 2.70. The van der Waals surface area contributed by atoms with Crippen LogP contribution in [0.25, 0.3) is 0 Å². The maximum atomic E-state index is 6.31. The van der Waals surface area contributed by atoms with E-state index in [2.05, 4.69) is 15.2 Å². The average molecular weight is 302 g/mol. The third kappa shape index (κ3) is 3.82. The van der Waals surface area contributed by atoms with Crippen molar-refractivity contribution in [1.29, 1.82) is 0 Å². The molecule has 1 aromatic rings. The number of nitrogens with one attached hydrogen (secondary N) is 1. The van der Waals surface area contributed by atoms with Crippen LogP contribution < -0.4 is 5.32 Å². The Hall–Kier alpha value is -0.350. The van der Waals surface area contributed by atoms with Gasteiger partial charge in [0.1, 0.15) is 5.15 Å². The summed E-state index contributed by atoms with van der Waals surface area (Å²) in [4.78, 5) is 6.77. The number of nitrogens with zero attached hydrogens (tertiary/aromatic N) is 2. The first-order valence-electron chi connectivity index (χ1n) is 6.82. The summed E-state index contributed by atoms with van der Waals surface area (Å²) < 4.78 is 0. The monoisotopic (exact) mass is 301 g/mol. The predicted octanol–water partition coefficient (Wildman–Crippen LogP) is 3.27. The second-order valence-corrected chi connectivity index (χ2v) is 5.96. The Kier molecular flexibility index (Phi) is 5.46. The van der Waals surface area contributed by atoms with Gasteiger partial charge in [0, 0.05) is 35.4 Å². The van der Waals surface area contributed by atoms with Crippen molar-refractivity contribution in [3.05, 3.63) is 27.5 Å². The highest BCUT2D eigenvalue weighted by Crippen LogP contribution is 2.28. The van der Waals surface area contributed by atoms with Gasteiger partial charge < -0.3 is 5.32 Å². The molecule has 19 heavy (non-hydrogen) atoms. The van der Waals surface area contributed by atoms with Crippen LogP contribution >= 0.6 is 23.2 Å². The first-order valence-corrected chi connectivity index (χ1v) is 7.57. The van der Waals surface area contributed by atoms with Crippen LogP contribution in [0.15, 0.2) is 6.07 Å². The van der Waals surface area contributed by atoms with Gasteiger partial charge in [0.25, 0.3) is 0 Å². The fraction of sp³-hybridized carbons (Fsp3) is 0.643. The van der Waals surface area contributed by atoms with Crippen LogP contribution in [0.4, 0.5) is 0 Å². The Morgan fingerprint density at radius 2 is 2.21 bits per heavy atom. The topological polar surface area (TPSA) is 28.2 Å². The first-order chi connectivity index (χ1) is 9.11. The van der Waals surface area contributed by atoms with Gasteiger partial charge in [-0.1, -0.05) is 29.6 Å². The molecule has 2 rings (SSSR count). The van der Waals surface area contributed by atoms with Gasteiger partial charge in [0.05, 0.1) is 0 Å². The van der Waals surface area contributed by atoms with Crippen LogP contribution in [0, 0.1) is 6.92 Å². The lowest BCUT2D eigenvalue weighted by Crippen LogP contribution is -2.44. The molecule has 1 atom stereocenters. The zero-order valence-corrected chi connectivity index (χ0v) is 13.1. The third-order valence-corrected chi connectivity index (χ3v) is 4.35. The minimum atomic E-state index is 0.541. The molecule has 1 fully saturated rings. The van der Waals surface area contributed by atoms with Crippen LogP contribution in [0.1, 0.15) is 30.5 Å². The minimum absolute atomic E-state index is 0.541. The third-order valence-electron chi connectivity index (χ3n) is 3.70. The van der Waals surface area contributed by atoms with Crippen LogP contribution in [0.5, 0.6) is 0 Å². The lowest BCUT2D eigenvalue weighted by atomic mass is 10.0. The zero-order chi connectivity index (χ0) is 13.8. The maximum Gasteiger partial charge on any atom is 0.135 e. The van der Waals surface area contributed by atoms with E-state index in [9.17, 15) is 0 Å². The average Bonchev–Trinajstić information content (AvgIpc) is 2.36. The number of aromatic nitrogens is 1. The molecule has 1 aromatic heterocycles. The SMILES string of the molecule is CNCC1CCCCN1Cc1c(Cl)cc(C)nc1Cl. The molecule has 5 heteroatoms. The van der Waals surface area contributed by atoms with E-state index in [1.807, 2.05) is 20.0 Å². The molecule has 0 aliphatic carbocycles. The lowest BCUT2D eigenvalue weighted by molar-refractivity contribution is 0.139. The normalized spacial score (nSPS) is 20.7. The molecule has 0 amide bonds. The van der Waals surface area contributed by atoms with Gasteiger partial charge in [0.2, 0.25) is 0 Å². The van der Waals surface area contributed by atoms with Gasteiger partial charge in [-0.05, 0) is 39.4 Å². The molecule has 0 aromatic carbocycles. The number of likely N-dealkylation sites (N-methyl/N-ethyl adjacent to an activating group) is 1. The molecule has 3 nitrogen and oxygen atoms in total. The first kappa shape index (κ1) is 15.0. The van der Waals surface area contributed by atoms with E-state index < -0.39 is 0 Å². The highest BCUT2D eigenvalue weighted by atomic mass is 35.5. The minimum Gasteiger partial charge on any atom is -0.318 e. The molecule has 0 bridgehead atoms. The smallest absolute Gasteiger partial charge is 0.135 e. The number of hydrogen-bond donors (Lipinski definition) is 1. The molecule has 2 heterocycles. The zero-order valence-electron chi connectivity index (χ0n) is 11.5. The summed E-state index contributed by atoms with van der Waals surface area (Å²) in [5.74, 6) is 0. The van der Waals surface area contributed by atoms with E-state index in [0.717, 1.165) is 35.9 Å².